The summed E-state index contributed by atoms with van der Waals surface area (Å²) in [5.74, 6) is 1.78. The van der Waals surface area contributed by atoms with Gasteiger partial charge >= 0.3 is 6.09 Å². The van der Waals surface area contributed by atoms with Gasteiger partial charge in [0.05, 0.1) is 26.8 Å². The summed E-state index contributed by atoms with van der Waals surface area (Å²) in [6, 6.07) is 5.34. The number of aliphatic hydroxyl groups is 1. The van der Waals surface area contributed by atoms with Gasteiger partial charge in [-0.2, -0.15) is 0 Å². The molecule has 1 aromatic rings. The number of benzene rings is 1. The van der Waals surface area contributed by atoms with E-state index >= 15 is 0 Å². The minimum Gasteiger partial charge on any atom is -0.497 e. The molecule has 1 unspecified atom stereocenters. The summed E-state index contributed by atoms with van der Waals surface area (Å²) in [4.78, 5) is 18.2. The third-order valence-electron chi connectivity index (χ3n) is 4.44. The molecule has 0 aromatic heterocycles. The molecular weight excluding hydrogens is 515 g/mol. The van der Waals surface area contributed by atoms with E-state index < -0.39 is 11.7 Å². The number of carbonyl (C=O) groups excluding carboxylic acids is 1. The number of nitrogens with one attached hydrogen (secondary N) is 2. The lowest BCUT2D eigenvalue weighted by molar-refractivity contribution is 0.00700. The summed E-state index contributed by atoms with van der Waals surface area (Å²) in [6.07, 6.45) is -1.17. The van der Waals surface area contributed by atoms with E-state index in [2.05, 4.69) is 15.6 Å². The SMILES string of the molecule is CCNC(=NCC(O)c1cc(OC)ccc1OC)NC1CN(C(=O)OC(C)(C)C)C1.I. The Kier molecular flexibility index (Phi) is 10.6. The predicted molar refractivity (Wildman–Crippen MR) is 131 cm³/mol. The molecule has 1 aliphatic rings. The van der Waals surface area contributed by atoms with Crippen LogP contribution < -0.4 is 20.1 Å². The standard InChI is InChI=1S/C21H34N4O5.HI/c1-7-22-19(24-14-12-25(13-14)20(27)30-21(2,3)4)23-11-17(26)16-10-15(28-5)8-9-18(16)29-6;/h8-10,14,17,26H,7,11-13H2,1-6H3,(H2,22,23,24);1H. The minimum atomic E-state index is -0.856. The first kappa shape index (κ1) is 27.1. The van der Waals surface area contributed by atoms with Gasteiger partial charge in [-0.25, -0.2) is 4.79 Å². The Morgan fingerprint density at radius 1 is 1.29 bits per heavy atom. The maximum absolute atomic E-state index is 12.1. The summed E-state index contributed by atoms with van der Waals surface area (Å²) < 4.78 is 15.9. The number of rotatable bonds is 7. The fourth-order valence-corrected chi connectivity index (χ4v) is 2.93. The van der Waals surface area contributed by atoms with E-state index in [9.17, 15) is 9.90 Å². The van der Waals surface area contributed by atoms with Crippen LogP contribution in [0.4, 0.5) is 4.79 Å². The molecule has 31 heavy (non-hydrogen) atoms. The largest absolute Gasteiger partial charge is 0.497 e. The third-order valence-corrected chi connectivity index (χ3v) is 4.44. The monoisotopic (exact) mass is 550 g/mol. The second kappa shape index (κ2) is 12.2. The van der Waals surface area contributed by atoms with Gasteiger partial charge in [-0.15, -0.1) is 24.0 Å². The summed E-state index contributed by atoms with van der Waals surface area (Å²) in [5, 5.41) is 17.1. The van der Waals surface area contributed by atoms with Crippen LogP contribution in [0.2, 0.25) is 0 Å². The van der Waals surface area contributed by atoms with Gasteiger partial charge in [0.25, 0.3) is 0 Å². The summed E-state index contributed by atoms with van der Waals surface area (Å²) in [5.41, 5.74) is 0.0970. The second-order valence-electron chi connectivity index (χ2n) is 8.07. The number of ether oxygens (including phenoxy) is 3. The van der Waals surface area contributed by atoms with Gasteiger partial charge in [0.15, 0.2) is 5.96 Å². The van der Waals surface area contributed by atoms with Gasteiger partial charge in [-0.1, -0.05) is 0 Å². The van der Waals surface area contributed by atoms with Crippen molar-refractivity contribution in [1.29, 1.82) is 0 Å². The first-order valence-electron chi connectivity index (χ1n) is 10.1. The van der Waals surface area contributed by atoms with Crippen molar-refractivity contribution < 1.29 is 24.1 Å². The summed E-state index contributed by atoms with van der Waals surface area (Å²) in [6.45, 7) is 9.38. The number of nitrogens with zero attached hydrogens (tertiary/aromatic N) is 2. The summed E-state index contributed by atoms with van der Waals surface area (Å²) >= 11 is 0. The number of carbonyl (C=O) groups is 1. The molecule has 0 radical (unpaired) electrons. The quantitative estimate of drug-likeness (QED) is 0.272. The number of aliphatic hydroxyl groups excluding tert-OH is 1. The number of hydrogen-bond donors (Lipinski definition) is 3. The van der Waals surface area contributed by atoms with Crippen LogP contribution in [-0.2, 0) is 4.74 Å². The molecule has 9 nitrogen and oxygen atoms in total. The Morgan fingerprint density at radius 3 is 2.52 bits per heavy atom. The molecule has 0 aliphatic carbocycles. The van der Waals surface area contributed by atoms with E-state index in [1.165, 1.54) is 0 Å². The molecule has 1 atom stereocenters. The second-order valence-corrected chi connectivity index (χ2v) is 8.07. The molecule has 176 valence electrons. The fourth-order valence-electron chi connectivity index (χ4n) is 2.93. The van der Waals surface area contributed by atoms with E-state index in [0.717, 1.165) is 0 Å². The first-order valence-corrected chi connectivity index (χ1v) is 10.1. The molecule has 1 heterocycles. The highest BCUT2D eigenvalue weighted by Gasteiger charge is 2.34. The van der Waals surface area contributed by atoms with Gasteiger partial charge < -0.3 is 34.9 Å². The van der Waals surface area contributed by atoms with Crippen LogP contribution in [0.5, 0.6) is 11.5 Å². The zero-order valence-corrected chi connectivity index (χ0v) is 21.4. The van der Waals surface area contributed by atoms with Crippen LogP contribution in [-0.4, -0.2) is 74.1 Å². The maximum Gasteiger partial charge on any atom is 0.410 e. The molecular formula is C21H35IN4O5. The van der Waals surface area contributed by atoms with E-state index in [1.807, 2.05) is 27.7 Å². The fraction of sp³-hybridized carbons (Fsp3) is 0.619. The van der Waals surface area contributed by atoms with Crippen molar-refractivity contribution >= 4 is 36.0 Å². The van der Waals surface area contributed by atoms with Crippen LogP contribution in [0.25, 0.3) is 0 Å². The molecule has 1 fully saturated rings. The third kappa shape index (κ3) is 8.24. The van der Waals surface area contributed by atoms with Crippen molar-refractivity contribution in [1.82, 2.24) is 15.5 Å². The average molecular weight is 550 g/mol. The molecule has 0 bridgehead atoms. The normalized spacial score (nSPS) is 15.3. The van der Waals surface area contributed by atoms with Crippen molar-refractivity contribution in [3.8, 4) is 11.5 Å². The Labute approximate surface area is 201 Å². The zero-order valence-electron chi connectivity index (χ0n) is 19.1. The lowest BCUT2D eigenvalue weighted by Gasteiger charge is -2.40. The average Bonchev–Trinajstić information content (AvgIpc) is 2.65. The van der Waals surface area contributed by atoms with Crippen LogP contribution in [0, 0.1) is 0 Å². The number of aliphatic imine (C=N–C) groups is 1. The highest BCUT2D eigenvalue weighted by atomic mass is 127. The van der Waals surface area contributed by atoms with Crippen LogP contribution in [0.1, 0.15) is 39.4 Å². The van der Waals surface area contributed by atoms with Crippen LogP contribution in [0.3, 0.4) is 0 Å². The van der Waals surface area contributed by atoms with Gasteiger partial charge in [0, 0.05) is 25.2 Å². The molecule has 0 spiro atoms. The van der Waals surface area contributed by atoms with E-state index in [-0.39, 0.29) is 42.7 Å². The van der Waals surface area contributed by atoms with Crippen LogP contribution >= 0.6 is 24.0 Å². The van der Waals surface area contributed by atoms with Crippen molar-refractivity contribution in [2.24, 2.45) is 4.99 Å². The lowest BCUT2D eigenvalue weighted by atomic mass is 10.1. The molecule has 1 amide bonds. The molecule has 1 aromatic carbocycles. The van der Waals surface area contributed by atoms with E-state index in [4.69, 9.17) is 14.2 Å². The number of guanidine groups is 1. The number of halogens is 1. The number of amides is 1. The van der Waals surface area contributed by atoms with Gasteiger partial charge in [0.2, 0.25) is 0 Å². The van der Waals surface area contributed by atoms with Crippen molar-refractivity contribution in [3.63, 3.8) is 0 Å². The van der Waals surface area contributed by atoms with Gasteiger partial charge in [0.1, 0.15) is 23.2 Å². The number of hydrogen-bond acceptors (Lipinski definition) is 6. The summed E-state index contributed by atoms with van der Waals surface area (Å²) in [7, 11) is 3.13. The Morgan fingerprint density at radius 2 is 1.97 bits per heavy atom. The maximum atomic E-state index is 12.1. The predicted octanol–water partition coefficient (Wildman–Crippen LogP) is 2.53. The van der Waals surface area contributed by atoms with Crippen molar-refractivity contribution in [2.45, 2.75) is 45.4 Å². The Balaban J connectivity index is 0.00000480. The first-order chi connectivity index (χ1) is 14.2. The van der Waals surface area contributed by atoms with Crippen molar-refractivity contribution in [3.05, 3.63) is 23.8 Å². The smallest absolute Gasteiger partial charge is 0.410 e. The van der Waals surface area contributed by atoms with Crippen LogP contribution in [0.15, 0.2) is 23.2 Å². The number of likely N-dealkylation sites (tertiary alicyclic amines) is 1. The van der Waals surface area contributed by atoms with Crippen molar-refractivity contribution in [2.75, 3.05) is 40.4 Å². The van der Waals surface area contributed by atoms with E-state index in [0.29, 0.717) is 42.7 Å². The molecule has 1 saturated heterocycles. The molecule has 0 saturated carbocycles. The van der Waals surface area contributed by atoms with Gasteiger partial charge in [-0.3, -0.25) is 4.99 Å². The molecule has 10 heteroatoms. The minimum absolute atomic E-state index is 0. The highest BCUT2D eigenvalue weighted by Crippen LogP contribution is 2.29. The number of methoxy groups -OCH3 is 2. The molecule has 2 rings (SSSR count). The Hall–Kier alpha value is -1.95. The Bertz CT molecular complexity index is 748. The highest BCUT2D eigenvalue weighted by molar-refractivity contribution is 14.0. The van der Waals surface area contributed by atoms with Gasteiger partial charge in [-0.05, 0) is 45.9 Å². The molecule has 1 aliphatic heterocycles. The molecule has 3 N–H and O–H groups in total. The topological polar surface area (TPSA) is 105 Å². The van der Waals surface area contributed by atoms with E-state index in [1.54, 1.807) is 37.3 Å². The zero-order chi connectivity index (χ0) is 22.3. The lowest BCUT2D eigenvalue weighted by Crippen LogP contribution is -2.63.